The number of benzene rings is 2. The molecular formula is C24H32N2O7. The van der Waals surface area contributed by atoms with Crippen molar-refractivity contribution in [1.29, 1.82) is 0 Å². The average molecular weight is 461 g/mol. The van der Waals surface area contributed by atoms with Gasteiger partial charge in [-0.15, -0.1) is 0 Å². The lowest BCUT2D eigenvalue weighted by atomic mass is 9.96. The van der Waals surface area contributed by atoms with E-state index in [-0.39, 0.29) is 19.3 Å². The zero-order valence-corrected chi connectivity index (χ0v) is 19.0. The Bertz CT molecular complexity index is 830. The molecule has 0 aliphatic rings. The first-order chi connectivity index (χ1) is 16.1. The number of rotatable bonds is 15. The fourth-order valence-electron chi connectivity index (χ4n) is 3.08. The highest BCUT2D eigenvalue weighted by molar-refractivity contribution is 5.94. The van der Waals surface area contributed by atoms with E-state index in [2.05, 4.69) is 5.32 Å². The topological polar surface area (TPSA) is 115 Å². The Morgan fingerprint density at radius 1 is 0.970 bits per heavy atom. The molecule has 180 valence electrons. The van der Waals surface area contributed by atoms with Gasteiger partial charge in [-0.25, -0.2) is 5.48 Å². The maximum Gasteiger partial charge on any atom is 0.251 e. The lowest BCUT2D eigenvalue weighted by molar-refractivity contribution is -0.134. The van der Waals surface area contributed by atoms with Gasteiger partial charge in [0.25, 0.3) is 5.91 Å². The summed E-state index contributed by atoms with van der Waals surface area (Å²) in [6.45, 7) is 2.84. The van der Waals surface area contributed by atoms with Gasteiger partial charge in [0.15, 0.2) is 0 Å². The molecule has 2 unspecified atom stereocenters. The minimum atomic E-state index is -0.504. The van der Waals surface area contributed by atoms with Crippen LogP contribution >= 0.6 is 0 Å². The Balaban J connectivity index is 1.97. The average Bonchev–Trinajstić information content (AvgIpc) is 2.84. The van der Waals surface area contributed by atoms with E-state index in [1.165, 1.54) is 0 Å². The summed E-state index contributed by atoms with van der Waals surface area (Å²) in [5.74, 6) is 0.00814. The fraction of sp³-hybridized carbons (Fsp3) is 0.417. The monoisotopic (exact) mass is 460 g/mol. The van der Waals surface area contributed by atoms with Crippen LogP contribution in [0.1, 0.15) is 30.1 Å². The molecule has 2 rings (SSSR count). The predicted octanol–water partition coefficient (Wildman–Crippen LogP) is 3.14. The van der Waals surface area contributed by atoms with Gasteiger partial charge in [-0.1, -0.05) is 25.1 Å². The number of ether oxygens (including phenoxy) is 4. The van der Waals surface area contributed by atoms with Gasteiger partial charge in [0.05, 0.1) is 25.9 Å². The quantitative estimate of drug-likeness (QED) is 0.162. The highest BCUT2D eigenvalue weighted by Crippen LogP contribution is 2.21. The molecule has 2 atom stereocenters. The molecule has 2 aromatic rings. The highest BCUT2D eigenvalue weighted by atomic mass is 16.7. The van der Waals surface area contributed by atoms with E-state index < -0.39 is 17.9 Å². The first-order valence-corrected chi connectivity index (χ1v) is 10.8. The van der Waals surface area contributed by atoms with E-state index >= 15 is 0 Å². The van der Waals surface area contributed by atoms with Gasteiger partial charge in [0.1, 0.15) is 18.3 Å². The van der Waals surface area contributed by atoms with E-state index in [0.29, 0.717) is 43.1 Å². The molecule has 0 spiro atoms. The van der Waals surface area contributed by atoms with Gasteiger partial charge < -0.3 is 24.3 Å². The Hall–Kier alpha value is -2.98. The van der Waals surface area contributed by atoms with Crippen molar-refractivity contribution in [2.24, 2.45) is 5.92 Å². The summed E-state index contributed by atoms with van der Waals surface area (Å²) in [6.07, 6.45) is 0.788. The Labute approximate surface area is 193 Å². The molecule has 0 fully saturated rings. The Kier molecular flexibility index (Phi) is 11.9. The first kappa shape index (κ1) is 26.3. The summed E-state index contributed by atoms with van der Waals surface area (Å²) >= 11 is 0. The molecular weight excluding hydrogens is 428 g/mol. The number of carbonyl (C=O) groups is 2. The van der Waals surface area contributed by atoms with Crippen LogP contribution in [0.4, 0.5) is 0 Å². The number of hydrogen-bond donors (Lipinski definition) is 3. The zero-order valence-electron chi connectivity index (χ0n) is 19.0. The lowest BCUT2D eigenvalue weighted by Gasteiger charge is -2.23. The van der Waals surface area contributed by atoms with Gasteiger partial charge >= 0.3 is 0 Å². The molecule has 33 heavy (non-hydrogen) atoms. The summed E-state index contributed by atoms with van der Waals surface area (Å²) in [5, 5.41) is 11.9. The minimum absolute atomic E-state index is 0.0320. The van der Waals surface area contributed by atoms with Crippen LogP contribution < -0.4 is 15.5 Å². The molecule has 0 saturated carbocycles. The molecule has 0 aromatic heterocycles. The molecule has 3 N–H and O–H groups in total. The van der Waals surface area contributed by atoms with Crippen molar-refractivity contribution < 1.29 is 33.7 Å². The SMILES string of the molecule is CCC(CC(COCOCCOC)NC(=O)c1ccc(Oc2ccccc2)cc1)C(=O)NO. The third kappa shape index (κ3) is 9.58. The van der Waals surface area contributed by atoms with E-state index in [4.69, 9.17) is 24.2 Å². The van der Waals surface area contributed by atoms with E-state index in [1.807, 2.05) is 37.3 Å². The van der Waals surface area contributed by atoms with Crippen molar-refractivity contribution in [3.05, 3.63) is 60.2 Å². The summed E-state index contributed by atoms with van der Waals surface area (Å²) in [7, 11) is 1.58. The molecule has 0 bridgehead atoms. The van der Waals surface area contributed by atoms with Crippen molar-refractivity contribution in [2.45, 2.75) is 25.8 Å². The molecule has 0 aliphatic heterocycles. The molecule has 9 nitrogen and oxygen atoms in total. The number of amides is 2. The lowest BCUT2D eigenvalue weighted by Crippen LogP contribution is -2.42. The number of nitrogens with one attached hydrogen (secondary N) is 2. The van der Waals surface area contributed by atoms with Gasteiger partial charge in [-0.2, -0.15) is 0 Å². The predicted molar refractivity (Wildman–Crippen MR) is 121 cm³/mol. The third-order valence-electron chi connectivity index (χ3n) is 4.89. The molecule has 0 radical (unpaired) electrons. The maximum absolute atomic E-state index is 12.8. The number of para-hydroxylation sites is 1. The number of carbonyl (C=O) groups excluding carboxylic acids is 2. The number of hydroxylamine groups is 1. The normalized spacial score (nSPS) is 12.6. The van der Waals surface area contributed by atoms with Gasteiger partial charge in [-0.3, -0.25) is 14.8 Å². The highest BCUT2D eigenvalue weighted by Gasteiger charge is 2.23. The minimum Gasteiger partial charge on any atom is -0.457 e. The molecule has 0 heterocycles. The van der Waals surface area contributed by atoms with Crippen LogP contribution in [0, 0.1) is 5.92 Å². The van der Waals surface area contributed by atoms with Crippen molar-refractivity contribution in [3.8, 4) is 11.5 Å². The fourth-order valence-corrected chi connectivity index (χ4v) is 3.08. The summed E-state index contributed by atoms with van der Waals surface area (Å²) in [6, 6.07) is 15.6. The van der Waals surface area contributed by atoms with E-state index in [9.17, 15) is 9.59 Å². The second-order valence-corrected chi connectivity index (χ2v) is 7.32. The second-order valence-electron chi connectivity index (χ2n) is 7.32. The molecule has 2 amide bonds. The molecule has 0 saturated heterocycles. The van der Waals surface area contributed by atoms with Crippen LogP contribution in [0.5, 0.6) is 11.5 Å². The van der Waals surface area contributed by atoms with E-state index in [1.54, 1.807) is 36.9 Å². The van der Waals surface area contributed by atoms with Crippen molar-refractivity contribution in [2.75, 3.05) is 33.7 Å². The summed E-state index contributed by atoms with van der Waals surface area (Å²) < 4.78 is 21.5. The van der Waals surface area contributed by atoms with Gasteiger partial charge in [0, 0.05) is 18.6 Å². The van der Waals surface area contributed by atoms with Crippen molar-refractivity contribution >= 4 is 11.8 Å². The van der Waals surface area contributed by atoms with Crippen molar-refractivity contribution in [3.63, 3.8) is 0 Å². The Morgan fingerprint density at radius 3 is 2.30 bits per heavy atom. The van der Waals surface area contributed by atoms with Crippen LogP contribution in [0.25, 0.3) is 0 Å². The second kappa shape index (κ2) is 15.0. The van der Waals surface area contributed by atoms with Crippen LogP contribution in [0.3, 0.4) is 0 Å². The van der Waals surface area contributed by atoms with Crippen LogP contribution in [-0.2, 0) is 19.0 Å². The van der Waals surface area contributed by atoms with Gasteiger partial charge in [-0.05, 0) is 49.2 Å². The summed E-state index contributed by atoms with van der Waals surface area (Å²) in [5.41, 5.74) is 2.12. The largest absolute Gasteiger partial charge is 0.457 e. The summed E-state index contributed by atoms with van der Waals surface area (Å²) in [4.78, 5) is 24.7. The van der Waals surface area contributed by atoms with Gasteiger partial charge in [0.2, 0.25) is 5.91 Å². The third-order valence-corrected chi connectivity index (χ3v) is 4.89. The van der Waals surface area contributed by atoms with E-state index in [0.717, 1.165) is 0 Å². The smallest absolute Gasteiger partial charge is 0.251 e. The Morgan fingerprint density at radius 2 is 1.67 bits per heavy atom. The van der Waals surface area contributed by atoms with Crippen LogP contribution in [0.2, 0.25) is 0 Å². The maximum atomic E-state index is 12.8. The standard InChI is InChI=1S/C24H32N2O7/c1-3-18(24(28)26-29)15-20(16-32-17-31-14-13-30-2)25-23(27)19-9-11-22(12-10-19)33-21-7-5-4-6-8-21/h4-12,18,20,29H,3,13-17H2,1-2H3,(H,25,27)(H,26,28). The number of hydrogen-bond acceptors (Lipinski definition) is 7. The van der Waals surface area contributed by atoms with Crippen molar-refractivity contribution in [1.82, 2.24) is 10.8 Å². The van der Waals surface area contributed by atoms with Crippen LogP contribution in [-0.4, -0.2) is 56.8 Å². The zero-order chi connectivity index (χ0) is 23.9. The first-order valence-electron chi connectivity index (χ1n) is 10.8. The molecule has 0 aliphatic carbocycles. The molecule has 2 aromatic carbocycles. The number of methoxy groups -OCH3 is 1. The molecule has 9 heteroatoms. The van der Waals surface area contributed by atoms with Crippen LogP contribution in [0.15, 0.2) is 54.6 Å².